The summed E-state index contributed by atoms with van der Waals surface area (Å²) in [5.41, 5.74) is 2.45. The van der Waals surface area contributed by atoms with Crippen molar-refractivity contribution in [1.29, 1.82) is 0 Å². The summed E-state index contributed by atoms with van der Waals surface area (Å²) < 4.78 is 0. The first-order valence-corrected chi connectivity index (χ1v) is 6.31. The summed E-state index contributed by atoms with van der Waals surface area (Å²) in [5, 5.41) is 0.668. The molecule has 15 heavy (non-hydrogen) atoms. The van der Waals surface area contributed by atoms with Crippen molar-refractivity contribution in [2.45, 2.75) is 38.2 Å². The predicted molar refractivity (Wildman–Crippen MR) is 67.3 cm³/mol. The number of ketones is 1. The van der Waals surface area contributed by atoms with E-state index in [0.717, 1.165) is 11.3 Å². The van der Waals surface area contributed by atoms with E-state index in [4.69, 9.17) is 0 Å². The zero-order valence-corrected chi connectivity index (χ0v) is 10.4. The molecule has 0 unspecified atom stereocenters. The van der Waals surface area contributed by atoms with Gasteiger partial charge in [-0.2, -0.15) is 11.8 Å². The Hall–Kier alpha value is -0.760. The van der Waals surface area contributed by atoms with Gasteiger partial charge in [0.05, 0.1) is 0 Å². The molecular weight excluding hydrogens is 204 g/mol. The molecule has 0 atom stereocenters. The maximum absolute atomic E-state index is 10.9. The van der Waals surface area contributed by atoms with E-state index in [1.165, 1.54) is 5.56 Å². The molecule has 0 bridgehead atoms. The van der Waals surface area contributed by atoms with Gasteiger partial charge in [-0.1, -0.05) is 38.1 Å². The van der Waals surface area contributed by atoms with Crippen molar-refractivity contribution >= 4 is 17.5 Å². The molecule has 0 heterocycles. The molecule has 0 amide bonds. The predicted octanol–water partition coefficient (Wildman–Crippen LogP) is 3.46. The summed E-state index contributed by atoms with van der Waals surface area (Å²) in [5.74, 6) is 1.28. The number of thioether (sulfide) groups is 1. The van der Waals surface area contributed by atoms with E-state index in [1.807, 2.05) is 11.8 Å². The number of carbonyl (C=O) groups excluding carboxylic acids is 1. The van der Waals surface area contributed by atoms with E-state index >= 15 is 0 Å². The summed E-state index contributed by atoms with van der Waals surface area (Å²) in [4.78, 5) is 10.9. The normalized spacial score (nSPS) is 10.7. The third-order valence-electron chi connectivity index (χ3n) is 2.06. The highest BCUT2D eigenvalue weighted by Gasteiger charge is 1.99. The van der Waals surface area contributed by atoms with Gasteiger partial charge >= 0.3 is 0 Å². The summed E-state index contributed by atoms with van der Waals surface area (Å²) in [6, 6.07) is 8.34. The monoisotopic (exact) mass is 222 g/mol. The molecule has 82 valence electrons. The van der Waals surface area contributed by atoms with Crippen LogP contribution in [0.3, 0.4) is 0 Å². The fourth-order valence-corrected chi connectivity index (χ4v) is 2.02. The standard InChI is InChI=1S/C13H18OS/c1-10(2)15-9-13-6-4-12(5-7-13)8-11(3)14/h4-7,10H,8-9H2,1-3H3. The highest BCUT2D eigenvalue weighted by Crippen LogP contribution is 2.17. The number of hydrogen-bond acceptors (Lipinski definition) is 2. The summed E-state index contributed by atoms with van der Waals surface area (Å²) in [6.45, 7) is 6.03. The lowest BCUT2D eigenvalue weighted by molar-refractivity contribution is -0.116. The van der Waals surface area contributed by atoms with Gasteiger partial charge in [0.25, 0.3) is 0 Å². The molecule has 0 aliphatic carbocycles. The second-order valence-corrected chi connectivity index (χ2v) is 5.62. The minimum Gasteiger partial charge on any atom is -0.300 e. The van der Waals surface area contributed by atoms with E-state index in [1.54, 1.807) is 6.92 Å². The number of Topliss-reactive ketones (excluding diaryl/α,β-unsaturated/α-hetero) is 1. The summed E-state index contributed by atoms with van der Waals surface area (Å²) in [7, 11) is 0. The average Bonchev–Trinajstić information content (AvgIpc) is 2.16. The fraction of sp³-hybridized carbons (Fsp3) is 0.462. The van der Waals surface area contributed by atoms with Gasteiger partial charge in [-0.15, -0.1) is 0 Å². The first-order chi connectivity index (χ1) is 7.08. The van der Waals surface area contributed by atoms with Gasteiger partial charge in [0.2, 0.25) is 0 Å². The molecule has 0 fully saturated rings. The van der Waals surface area contributed by atoms with Crippen LogP contribution in [0, 0.1) is 0 Å². The Kier molecular flexibility index (Phi) is 4.89. The molecule has 1 nitrogen and oxygen atoms in total. The molecule has 1 aromatic rings. The van der Waals surface area contributed by atoms with Crippen molar-refractivity contribution in [2.24, 2.45) is 0 Å². The minimum absolute atomic E-state index is 0.222. The van der Waals surface area contributed by atoms with E-state index < -0.39 is 0 Å². The lowest BCUT2D eigenvalue weighted by Gasteiger charge is -2.05. The van der Waals surface area contributed by atoms with Crippen molar-refractivity contribution in [3.8, 4) is 0 Å². The Morgan fingerprint density at radius 1 is 1.20 bits per heavy atom. The number of hydrogen-bond donors (Lipinski definition) is 0. The molecule has 0 aromatic heterocycles. The highest BCUT2D eigenvalue weighted by atomic mass is 32.2. The second kappa shape index (κ2) is 5.96. The minimum atomic E-state index is 0.222. The van der Waals surface area contributed by atoms with Crippen molar-refractivity contribution in [3.05, 3.63) is 35.4 Å². The molecule has 1 rings (SSSR count). The fourth-order valence-electron chi connectivity index (χ4n) is 1.30. The number of benzene rings is 1. The lowest BCUT2D eigenvalue weighted by atomic mass is 10.1. The molecule has 0 saturated carbocycles. The zero-order chi connectivity index (χ0) is 11.3. The molecule has 2 heteroatoms. The van der Waals surface area contributed by atoms with Crippen LogP contribution < -0.4 is 0 Å². The molecule has 1 aromatic carbocycles. The molecule has 0 spiro atoms. The van der Waals surface area contributed by atoms with Gasteiger partial charge in [0.15, 0.2) is 0 Å². The molecule has 0 saturated heterocycles. The van der Waals surface area contributed by atoms with Crippen LogP contribution in [0.25, 0.3) is 0 Å². The first-order valence-electron chi connectivity index (χ1n) is 5.27. The van der Waals surface area contributed by atoms with Crippen LogP contribution in [0.5, 0.6) is 0 Å². The molecule has 0 radical (unpaired) electrons. The van der Waals surface area contributed by atoms with Gasteiger partial charge < -0.3 is 0 Å². The Morgan fingerprint density at radius 3 is 2.20 bits per heavy atom. The molecular formula is C13H18OS. The Balaban J connectivity index is 2.52. The third kappa shape index (κ3) is 5.03. The zero-order valence-electron chi connectivity index (χ0n) is 9.62. The van der Waals surface area contributed by atoms with Crippen LogP contribution >= 0.6 is 11.8 Å². The van der Waals surface area contributed by atoms with Crippen LogP contribution in [0.1, 0.15) is 31.9 Å². The van der Waals surface area contributed by atoms with Crippen LogP contribution in [-0.4, -0.2) is 11.0 Å². The van der Waals surface area contributed by atoms with Gasteiger partial charge in [0, 0.05) is 12.2 Å². The second-order valence-electron chi connectivity index (χ2n) is 4.06. The van der Waals surface area contributed by atoms with E-state index in [9.17, 15) is 4.79 Å². The molecule has 0 aliphatic heterocycles. The van der Waals surface area contributed by atoms with Crippen molar-refractivity contribution in [3.63, 3.8) is 0 Å². The summed E-state index contributed by atoms with van der Waals surface area (Å²) in [6.07, 6.45) is 0.553. The van der Waals surface area contributed by atoms with E-state index in [0.29, 0.717) is 11.7 Å². The van der Waals surface area contributed by atoms with E-state index in [2.05, 4.69) is 38.1 Å². The van der Waals surface area contributed by atoms with Crippen LogP contribution in [0.15, 0.2) is 24.3 Å². The van der Waals surface area contributed by atoms with Gasteiger partial charge in [-0.3, -0.25) is 4.79 Å². The van der Waals surface area contributed by atoms with Gasteiger partial charge in [-0.05, 0) is 23.3 Å². The molecule has 0 N–H and O–H groups in total. The Labute approximate surface area is 96.3 Å². The van der Waals surface area contributed by atoms with Crippen molar-refractivity contribution in [1.82, 2.24) is 0 Å². The van der Waals surface area contributed by atoms with E-state index in [-0.39, 0.29) is 5.78 Å². The quantitative estimate of drug-likeness (QED) is 0.759. The van der Waals surface area contributed by atoms with Crippen molar-refractivity contribution < 1.29 is 4.79 Å². The Morgan fingerprint density at radius 2 is 1.73 bits per heavy atom. The smallest absolute Gasteiger partial charge is 0.134 e. The maximum Gasteiger partial charge on any atom is 0.134 e. The summed E-state index contributed by atoms with van der Waals surface area (Å²) >= 11 is 1.94. The van der Waals surface area contributed by atoms with Crippen molar-refractivity contribution in [2.75, 3.05) is 0 Å². The maximum atomic E-state index is 10.9. The largest absolute Gasteiger partial charge is 0.300 e. The SMILES string of the molecule is CC(=O)Cc1ccc(CSC(C)C)cc1. The molecule has 0 aliphatic rings. The number of carbonyl (C=O) groups is 1. The van der Waals surface area contributed by atoms with Crippen LogP contribution in [-0.2, 0) is 17.0 Å². The van der Waals surface area contributed by atoms with Crippen LogP contribution in [0.4, 0.5) is 0 Å². The topological polar surface area (TPSA) is 17.1 Å². The first kappa shape index (κ1) is 12.3. The average molecular weight is 222 g/mol. The Bertz CT molecular complexity index is 314. The van der Waals surface area contributed by atoms with Gasteiger partial charge in [0.1, 0.15) is 5.78 Å². The number of rotatable bonds is 5. The third-order valence-corrected chi connectivity index (χ3v) is 3.23. The lowest BCUT2D eigenvalue weighted by Crippen LogP contribution is -1.96. The van der Waals surface area contributed by atoms with Gasteiger partial charge in [-0.25, -0.2) is 0 Å². The van der Waals surface area contributed by atoms with Crippen LogP contribution in [0.2, 0.25) is 0 Å². The highest BCUT2D eigenvalue weighted by molar-refractivity contribution is 7.99.